The summed E-state index contributed by atoms with van der Waals surface area (Å²) in [7, 11) is 0. The molecular weight excluding hydrogens is 278 g/mol. The van der Waals surface area contributed by atoms with Gasteiger partial charge >= 0.3 is 0 Å². The maximum absolute atomic E-state index is 9.91. The van der Waals surface area contributed by atoms with Crippen LogP contribution in [0.15, 0.2) is 0 Å². The highest BCUT2D eigenvalue weighted by Crippen LogP contribution is 2.26. The van der Waals surface area contributed by atoms with Gasteiger partial charge in [-0.25, -0.2) is 0 Å². The zero-order valence-electron chi connectivity index (χ0n) is 13.7. The molecule has 0 bridgehead atoms. The van der Waals surface area contributed by atoms with Crippen LogP contribution in [0.25, 0.3) is 0 Å². The van der Waals surface area contributed by atoms with E-state index in [2.05, 4.69) is 14.7 Å². The van der Waals surface area contributed by atoms with Gasteiger partial charge in [-0.1, -0.05) is 19.3 Å². The Bertz CT molecular complexity index is 361. The van der Waals surface area contributed by atoms with Crippen molar-refractivity contribution in [1.82, 2.24) is 14.7 Å². The van der Waals surface area contributed by atoms with Gasteiger partial charge in [0.05, 0.1) is 25.4 Å². The number of aliphatic hydroxyl groups is 1. The van der Waals surface area contributed by atoms with Gasteiger partial charge < -0.3 is 9.84 Å². The van der Waals surface area contributed by atoms with Crippen molar-refractivity contribution in [2.75, 3.05) is 52.5 Å². The lowest BCUT2D eigenvalue weighted by molar-refractivity contribution is -0.0425. The van der Waals surface area contributed by atoms with Gasteiger partial charge in [-0.15, -0.1) is 0 Å². The third kappa shape index (κ3) is 3.06. The van der Waals surface area contributed by atoms with Crippen LogP contribution in [-0.4, -0.2) is 96.5 Å². The third-order valence-corrected chi connectivity index (χ3v) is 6.34. The number of nitrogens with zero attached hydrogens (tertiary/aromatic N) is 3. The second-order valence-electron chi connectivity index (χ2n) is 7.64. The minimum atomic E-state index is -0.274. The third-order valence-electron chi connectivity index (χ3n) is 6.34. The minimum Gasteiger partial charge on any atom is -0.389 e. The molecule has 2 unspecified atom stereocenters. The van der Waals surface area contributed by atoms with Crippen molar-refractivity contribution in [3.63, 3.8) is 0 Å². The van der Waals surface area contributed by atoms with E-state index in [4.69, 9.17) is 4.74 Å². The average Bonchev–Trinajstić information content (AvgIpc) is 2.94. The first-order chi connectivity index (χ1) is 10.8. The van der Waals surface area contributed by atoms with Crippen molar-refractivity contribution in [2.45, 2.75) is 56.3 Å². The molecule has 22 heavy (non-hydrogen) atoms. The number of hydrogen-bond acceptors (Lipinski definition) is 5. The number of piperazine rings is 1. The zero-order chi connectivity index (χ0) is 14.9. The minimum absolute atomic E-state index is 0.250. The van der Waals surface area contributed by atoms with Crippen molar-refractivity contribution in [1.29, 1.82) is 0 Å². The van der Waals surface area contributed by atoms with Gasteiger partial charge in [0, 0.05) is 51.4 Å². The summed E-state index contributed by atoms with van der Waals surface area (Å²) in [6.45, 7) is 8.46. The van der Waals surface area contributed by atoms with Crippen LogP contribution in [0.5, 0.6) is 0 Å². The molecule has 126 valence electrons. The molecule has 0 radical (unpaired) electrons. The maximum atomic E-state index is 9.91. The Morgan fingerprint density at radius 3 is 1.95 bits per heavy atom. The summed E-state index contributed by atoms with van der Waals surface area (Å²) in [5.41, 5.74) is 0. The van der Waals surface area contributed by atoms with Gasteiger partial charge in [0.1, 0.15) is 0 Å². The summed E-state index contributed by atoms with van der Waals surface area (Å²) < 4.78 is 5.38. The second kappa shape index (κ2) is 6.73. The number of ether oxygens (including phenoxy) is 1. The van der Waals surface area contributed by atoms with Crippen LogP contribution in [0.1, 0.15) is 32.1 Å². The molecule has 3 aliphatic heterocycles. The molecule has 2 atom stereocenters. The average molecular weight is 309 g/mol. The molecule has 1 aliphatic carbocycles. The van der Waals surface area contributed by atoms with Gasteiger partial charge in [-0.3, -0.25) is 14.7 Å². The van der Waals surface area contributed by atoms with E-state index in [9.17, 15) is 5.11 Å². The quantitative estimate of drug-likeness (QED) is 0.816. The summed E-state index contributed by atoms with van der Waals surface area (Å²) in [6, 6.07) is 1.83. The van der Waals surface area contributed by atoms with Crippen molar-refractivity contribution in [2.24, 2.45) is 0 Å². The Morgan fingerprint density at radius 2 is 1.36 bits per heavy atom. The van der Waals surface area contributed by atoms with Crippen LogP contribution in [0.3, 0.4) is 0 Å². The monoisotopic (exact) mass is 309 g/mol. The molecule has 4 aliphatic rings. The Labute approximate surface area is 134 Å². The van der Waals surface area contributed by atoms with Crippen LogP contribution in [0.2, 0.25) is 0 Å². The SMILES string of the molecule is OC1COCC1N1CC(N2CCN(C3CCCCC3)CC2)C1. The van der Waals surface area contributed by atoms with E-state index >= 15 is 0 Å². The van der Waals surface area contributed by atoms with E-state index in [1.54, 1.807) is 0 Å². The van der Waals surface area contributed by atoms with E-state index in [1.165, 1.54) is 58.3 Å². The Balaban J connectivity index is 1.20. The highest BCUT2D eigenvalue weighted by molar-refractivity contribution is 4.97. The molecule has 5 nitrogen and oxygen atoms in total. The van der Waals surface area contributed by atoms with E-state index in [-0.39, 0.29) is 12.1 Å². The number of likely N-dealkylation sites (tertiary alicyclic amines) is 1. The lowest BCUT2D eigenvalue weighted by atomic mass is 9.93. The van der Waals surface area contributed by atoms with Crippen LogP contribution in [0.4, 0.5) is 0 Å². The van der Waals surface area contributed by atoms with Crippen molar-refractivity contribution < 1.29 is 9.84 Å². The first-order valence-corrected chi connectivity index (χ1v) is 9.29. The Hall–Kier alpha value is -0.200. The first kappa shape index (κ1) is 15.3. The van der Waals surface area contributed by atoms with Gasteiger partial charge in [0.2, 0.25) is 0 Å². The largest absolute Gasteiger partial charge is 0.389 e. The molecule has 1 saturated carbocycles. The van der Waals surface area contributed by atoms with Crippen molar-refractivity contribution >= 4 is 0 Å². The second-order valence-corrected chi connectivity index (χ2v) is 7.64. The van der Waals surface area contributed by atoms with Crippen LogP contribution in [-0.2, 0) is 4.74 Å². The molecule has 4 fully saturated rings. The Kier molecular flexibility index (Phi) is 4.69. The van der Waals surface area contributed by atoms with E-state index in [1.807, 2.05) is 0 Å². The number of aliphatic hydroxyl groups excluding tert-OH is 1. The molecule has 3 heterocycles. The molecule has 5 heteroatoms. The fourth-order valence-electron chi connectivity index (χ4n) is 4.78. The van der Waals surface area contributed by atoms with E-state index in [0.717, 1.165) is 19.1 Å². The van der Waals surface area contributed by atoms with Crippen LogP contribution >= 0.6 is 0 Å². The number of rotatable bonds is 3. The summed E-state index contributed by atoms with van der Waals surface area (Å²) in [5.74, 6) is 0. The highest BCUT2D eigenvalue weighted by Gasteiger charge is 2.41. The maximum Gasteiger partial charge on any atom is 0.0950 e. The highest BCUT2D eigenvalue weighted by atomic mass is 16.5. The van der Waals surface area contributed by atoms with E-state index < -0.39 is 0 Å². The molecule has 0 aromatic rings. The summed E-state index contributed by atoms with van der Waals surface area (Å²) in [6.07, 6.45) is 6.91. The molecule has 0 aromatic heterocycles. The fourth-order valence-corrected chi connectivity index (χ4v) is 4.78. The topological polar surface area (TPSA) is 39.2 Å². The van der Waals surface area contributed by atoms with Crippen LogP contribution < -0.4 is 0 Å². The normalized spacial score (nSPS) is 37.5. The molecular formula is C17H31N3O2. The lowest BCUT2D eigenvalue weighted by Gasteiger charge is -2.51. The summed E-state index contributed by atoms with van der Waals surface area (Å²) >= 11 is 0. The van der Waals surface area contributed by atoms with Crippen LogP contribution in [0, 0.1) is 0 Å². The molecule has 3 saturated heterocycles. The zero-order valence-corrected chi connectivity index (χ0v) is 13.7. The Morgan fingerprint density at radius 1 is 0.727 bits per heavy atom. The molecule has 1 N–H and O–H groups in total. The van der Waals surface area contributed by atoms with Gasteiger partial charge in [0.15, 0.2) is 0 Å². The molecule has 0 amide bonds. The fraction of sp³-hybridized carbons (Fsp3) is 1.00. The predicted molar refractivity (Wildman–Crippen MR) is 86.0 cm³/mol. The first-order valence-electron chi connectivity index (χ1n) is 9.29. The van der Waals surface area contributed by atoms with Gasteiger partial charge in [0.25, 0.3) is 0 Å². The standard InChI is InChI=1S/C17H31N3O2/c21-17-13-22-12-16(17)20-10-15(11-20)19-8-6-18(7-9-19)14-4-2-1-3-5-14/h14-17,21H,1-13H2. The molecule has 0 spiro atoms. The molecule has 0 aromatic carbocycles. The molecule has 4 rings (SSSR count). The lowest BCUT2D eigenvalue weighted by Crippen LogP contribution is -2.66. The summed E-state index contributed by atoms with van der Waals surface area (Å²) in [4.78, 5) is 7.84. The van der Waals surface area contributed by atoms with E-state index in [0.29, 0.717) is 19.3 Å². The smallest absolute Gasteiger partial charge is 0.0950 e. The predicted octanol–water partition coefficient (Wildman–Crippen LogP) is 0.381. The van der Waals surface area contributed by atoms with Crippen molar-refractivity contribution in [3.05, 3.63) is 0 Å². The number of hydrogen-bond donors (Lipinski definition) is 1. The summed E-state index contributed by atoms with van der Waals surface area (Å²) in [5, 5.41) is 9.91. The van der Waals surface area contributed by atoms with Crippen molar-refractivity contribution in [3.8, 4) is 0 Å². The van der Waals surface area contributed by atoms with Gasteiger partial charge in [-0.05, 0) is 12.8 Å². The van der Waals surface area contributed by atoms with Gasteiger partial charge in [-0.2, -0.15) is 0 Å².